The van der Waals surface area contributed by atoms with Gasteiger partial charge in [-0.05, 0) is 61.7 Å². The van der Waals surface area contributed by atoms with Crippen molar-refractivity contribution in [1.29, 1.82) is 0 Å². The third-order valence-electron chi connectivity index (χ3n) is 10.0. The van der Waals surface area contributed by atoms with E-state index in [4.69, 9.17) is 30.5 Å². The van der Waals surface area contributed by atoms with Gasteiger partial charge in [-0.3, -0.25) is 0 Å². The highest BCUT2D eigenvalue weighted by atomic mass is 35.5. The summed E-state index contributed by atoms with van der Waals surface area (Å²) >= 11 is 6.06. The fraction of sp³-hybridized carbons (Fsp3) is 0.840. The largest absolute Gasteiger partial charge is 0.347 e. The van der Waals surface area contributed by atoms with Crippen LogP contribution in [0.25, 0.3) is 0 Å². The molecule has 2 spiro atoms. The van der Waals surface area contributed by atoms with E-state index in [0.29, 0.717) is 17.8 Å². The van der Waals surface area contributed by atoms with Crippen molar-refractivity contribution in [3.8, 4) is 0 Å². The summed E-state index contributed by atoms with van der Waals surface area (Å²) in [4.78, 5) is 0. The number of hydrogen-bond acceptors (Lipinski definition) is 4. The lowest BCUT2D eigenvalue weighted by atomic mass is 9.46. The lowest BCUT2D eigenvalue weighted by molar-refractivity contribution is -0.244. The molecule has 4 aliphatic carbocycles. The molecule has 0 amide bonds. The van der Waals surface area contributed by atoms with Crippen LogP contribution in [0.3, 0.4) is 0 Å². The van der Waals surface area contributed by atoms with Crippen LogP contribution in [0.1, 0.15) is 64.7 Å². The molecule has 0 N–H and O–H groups in total. The molecule has 6 rings (SSSR count). The molecule has 3 saturated carbocycles. The van der Waals surface area contributed by atoms with Gasteiger partial charge in [0, 0.05) is 30.2 Å². The van der Waals surface area contributed by atoms with Crippen molar-refractivity contribution in [2.45, 2.75) is 76.3 Å². The van der Waals surface area contributed by atoms with Crippen LogP contribution >= 0.6 is 11.6 Å². The molecule has 0 aromatic heterocycles. The van der Waals surface area contributed by atoms with E-state index >= 15 is 0 Å². The molecule has 5 atom stereocenters. The smallest absolute Gasteiger partial charge is 0.174 e. The van der Waals surface area contributed by atoms with E-state index < -0.39 is 0 Å². The Kier molecular flexibility index (Phi) is 4.76. The van der Waals surface area contributed by atoms with Gasteiger partial charge < -0.3 is 18.9 Å². The van der Waals surface area contributed by atoms with E-state index in [9.17, 15) is 0 Å². The van der Waals surface area contributed by atoms with Crippen LogP contribution < -0.4 is 0 Å². The van der Waals surface area contributed by atoms with Crippen LogP contribution in [0.5, 0.6) is 0 Å². The highest BCUT2D eigenvalue weighted by molar-refractivity contribution is 6.25. The van der Waals surface area contributed by atoms with E-state index in [1.807, 2.05) is 0 Å². The van der Waals surface area contributed by atoms with Crippen molar-refractivity contribution in [2.75, 3.05) is 26.4 Å². The van der Waals surface area contributed by atoms with Crippen LogP contribution in [-0.4, -0.2) is 38.0 Å². The summed E-state index contributed by atoms with van der Waals surface area (Å²) in [5, 5.41) is 0. The van der Waals surface area contributed by atoms with Gasteiger partial charge in [0.15, 0.2) is 11.6 Å². The van der Waals surface area contributed by atoms with Gasteiger partial charge in [0.05, 0.1) is 26.4 Å². The zero-order valence-corrected chi connectivity index (χ0v) is 18.9. The molecule has 4 nitrogen and oxygen atoms in total. The minimum absolute atomic E-state index is 0.146. The van der Waals surface area contributed by atoms with Gasteiger partial charge >= 0.3 is 0 Å². The standard InChI is InChI=1S/C25H35ClO4/c1-22-8-5-21-19(20(22)6-9-25(22)29-15-16-30-25)4-3-18-17-24(27-13-14-28-24)11-10-23(18,21)7-2-12-26/h2-3,12,19-21H,4-11,13-17H2,1H3/t19-,20-,21-,22-,23?/m0/s1. The summed E-state index contributed by atoms with van der Waals surface area (Å²) in [6, 6.07) is 0. The molecule has 2 heterocycles. The first kappa shape index (κ1) is 20.2. The number of ether oxygens (including phenoxy) is 4. The van der Waals surface area contributed by atoms with Gasteiger partial charge in [0.2, 0.25) is 0 Å². The summed E-state index contributed by atoms with van der Waals surface area (Å²) in [6.07, 6.45) is 14.8. The Morgan fingerprint density at radius 3 is 2.47 bits per heavy atom. The zero-order valence-electron chi connectivity index (χ0n) is 18.2. The summed E-state index contributed by atoms with van der Waals surface area (Å²) in [5.74, 6) is 1.41. The SMILES string of the molecule is C[C@]12CC[C@H]3[C@@H](CC=C4CC5(CCC43CC=CCl)OCCO5)[C@@H]1CCC21OCCO1. The van der Waals surface area contributed by atoms with Crippen LogP contribution in [0.4, 0.5) is 0 Å². The Bertz CT molecular complexity index is 750. The summed E-state index contributed by atoms with van der Waals surface area (Å²) in [5.41, 5.74) is 3.66. The zero-order chi connectivity index (χ0) is 20.5. The number of hydrogen-bond donors (Lipinski definition) is 0. The average molecular weight is 435 g/mol. The maximum Gasteiger partial charge on any atom is 0.174 e. The summed E-state index contributed by atoms with van der Waals surface area (Å²) in [7, 11) is 0. The molecule has 2 saturated heterocycles. The van der Waals surface area contributed by atoms with Crippen molar-refractivity contribution < 1.29 is 18.9 Å². The van der Waals surface area contributed by atoms with Crippen molar-refractivity contribution in [3.05, 3.63) is 23.3 Å². The number of rotatable bonds is 2. The predicted octanol–water partition coefficient (Wildman–Crippen LogP) is 5.56. The van der Waals surface area contributed by atoms with E-state index in [0.717, 1.165) is 58.5 Å². The molecule has 1 unspecified atom stereocenters. The second-order valence-corrected chi connectivity index (χ2v) is 11.0. The topological polar surface area (TPSA) is 36.9 Å². The fourth-order valence-electron chi connectivity index (χ4n) is 8.68. The van der Waals surface area contributed by atoms with Gasteiger partial charge in [-0.15, -0.1) is 0 Å². The third kappa shape index (κ3) is 2.61. The summed E-state index contributed by atoms with van der Waals surface area (Å²) < 4.78 is 24.9. The third-order valence-corrected chi connectivity index (χ3v) is 10.2. The molecule has 5 heteroatoms. The first-order valence-electron chi connectivity index (χ1n) is 12.1. The Hall–Kier alpha value is -0.390. The lowest BCUT2D eigenvalue weighted by Crippen LogP contribution is -2.56. The van der Waals surface area contributed by atoms with Crippen molar-refractivity contribution >= 4 is 11.6 Å². The second kappa shape index (κ2) is 7.05. The van der Waals surface area contributed by atoms with Gasteiger partial charge in [-0.2, -0.15) is 0 Å². The highest BCUT2D eigenvalue weighted by Crippen LogP contribution is 2.70. The van der Waals surface area contributed by atoms with Gasteiger partial charge in [0.1, 0.15) is 0 Å². The van der Waals surface area contributed by atoms with Gasteiger partial charge in [-0.1, -0.05) is 36.2 Å². The maximum absolute atomic E-state index is 6.31. The van der Waals surface area contributed by atoms with Crippen LogP contribution in [0.15, 0.2) is 23.3 Å². The first-order chi connectivity index (χ1) is 14.6. The minimum atomic E-state index is -0.362. The van der Waals surface area contributed by atoms with Crippen LogP contribution in [-0.2, 0) is 18.9 Å². The molecule has 0 bridgehead atoms. The van der Waals surface area contributed by atoms with E-state index in [1.54, 1.807) is 11.1 Å². The molecular formula is C25H35ClO4. The molecule has 5 fully saturated rings. The molecule has 0 radical (unpaired) electrons. The van der Waals surface area contributed by atoms with E-state index in [1.165, 1.54) is 25.7 Å². The van der Waals surface area contributed by atoms with E-state index in [-0.39, 0.29) is 22.4 Å². The number of allylic oxidation sites excluding steroid dienone is 2. The van der Waals surface area contributed by atoms with Crippen LogP contribution in [0.2, 0.25) is 0 Å². The maximum atomic E-state index is 6.31. The molecule has 6 aliphatic rings. The highest BCUT2D eigenvalue weighted by Gasteiger charge is 2.67. The molecule has 30 heavy (non-hydrogen) atoms. The minimum Gasteiger partial charge on any atom is -0.347 e. The monoisotopic (exact) mass is 434 g/mol. The number of halogens is 1. The molecule has 2 aliphatic heterocycles. The fourth-order valence-corrected chi connectivity index (χ4v) is 8.77. The Morgan fingerprint density at radius 2 is 1.70 bits per heavy atom. The molecule has 0 aromatic carbocycles. The lowest BCUT2D eigenvalue weighted by Gasteiger charge is -2.60. The van der Waals surface area contributed by atoms with Crippen molar-refractivity contribution in [3.63, 3.8) is 0 Å². The molecule has 0 aromatic rings. The Labute approximate surface area is 185 Å². The first-order valence-corrected chi connectivity index (χ1v) is 12.5. The van der Waals surface area contributed by atoms with Crippen molar-refractivity contribution in [1.82, 2.24) is 0 Å². The average Bonchev–Trinajstić information content (AvgIpc) is 3.48. The van der Waals surface area contributed by atoms with Crippen molar-refractivity contribution in [2.24, 2.45) is 28.6 Å². The predicted molar refractivity (Wildman–Crippen MR) is 115 cm³/mol. The Balaban J connectivity index is 1.35. The molecule has 166 valence electrons. The van der Waals surface area contributed by atoms with Gasteiger partial charge in [-0.25, -0.2) is 0 Å². The summed E-state index contributed by atoms with van der Waals surface area (Å²) in [6.45, 7) is 5.44. The van der Waals surface area contributed by atoms with Crippen LogP contribution in [0, 0.1) is 28.6 Å². The quantitative estimate of drug-likeness (QED) is 0.533. The Morgan fingerprint density at radius 1 is 0.967 bits per heavy atom. The second-order valence-electron chi connectivity index (χ2n) is 10.8. The molecular weight excluding hydrogens is 400 g/mol. The normalized spacial score (nSPS) is 46.2. The van der Waals surface area contributed by atoms with E-state index in [2.05, 4.69) is 19.1 Å². The number of fused-ring (bicyclic) bond motifs is 6. The van der Waals surface area contributed by atoms with Gasteiger partial charge in [0.25, 0.3) is 0 Å².